The van der Waals surface area contributed by atoms with Crippen LogP contribution in [0.3, 0.4) is 0 Å². The number of benzene rings is 2. The van der Waals surface area contributed by atoms with E-state index in [0.717, 1.165) is 30.5 Å². The maximum atomic E-state index is 13.6. The number of nitrogens with one attached hydrogen (secondary N) is 1. The minimum Gasteiger partial charge on any atom is -0.385 e. The number of hydrogen-bond acceptors (Lipinski definition) is 4. The SMILES string of the molecule is COCCCNC(=O)[C@@H](C)C1CCN(C(=O)c2cn(-c3ccccc3)nc2-c2ccccc2)CC1. The number of rotatable bonds is 9. The summed E-state index contributed by atoms with van der Waals surface area (Å²) < 4.78 is 6.82. The molecule has 35 heavy (non-hydrogen) atoms. The highest BCUT2D eigenvalue weighted by molar-refractivity contribution is 6.00. The van der Waals surface area contributed by atoms with E-state index in [-0.39, 0.29) is 23.7 Å². The number of hydrogen-bond donors (Lipinski definition) is 1. The van der Waals surface area contributed by atoms with E-state index in [9.17, 15) is 9.59 Å². The molecule has 4 rings (SSSR count). The molecule has 2 aromatic carbocycles. The van der Waals surface area contributed by atoms with Gasteiger partial charge in [-0.05, 0) is 37.3 Å². The van der Waals surface area contributed by atoms with E-state index in [0.29, 0.717) is 37.5 Å². The number of para-hydroxylation sites is 1. The highest BCUT2D eigenvalue weighted by Gasteiger charge is 2.31. The van der Waals surface area contributed by atoms with E-state index in [1.54, 1.807) is 11.8 Å². The molecule has 2 amide bonds. The van der Waals surface area contributed by atoms with Crippen LogP contribution >= 0.6 is 0 Å². The molecule has 184 valence electrons. The molecular weight excluding hydrogens is 440 g/mol. The second kappa shape index (κ2) is 11.8. The van der Waals surface area contributed by atoms with Gasteiger partial charge in [-0.2, -0.15) is 5.10 Å². The second-order valence-corrected chi connectivity index (χ2v) is 9.09. The normalized spacial score (nSPS) is 15.1. The largest absolute Gasteiger partial charge is 0.385 e. The number of methoxy groups -OCH3 is 1. The molecule has 7 nitrogen and oxygen atoms in total. The summed E-state index contributed by atoms with van der Waals surface area (Å²) in [6.07, 6.45) is 4.27. The fraction of sp³-hybridized carbons (Fsp3) is 0.393. The summed E-state index contributed by atoms with van der Waals surface area (Å²) in [7, 11) is 1.66. The fourth-order valence-corrected chi connectivity index (χ4v) is 4.63. The van der Waals surface area contributed by atoms with Gasteiger partial charge in [0.1, 0.15) is 5.69 Å². The Labute approximate surface area is 207 Å². The Balaban J connectivity index is 1.45. The molecule has 1 saturated heterocycles. The van der Waals surface area contributed by atoms with Crippen molar-refractivity contribution >= 4 is 11.8 Å². The Bertz CT molecular complexity index is 1110. The number of carbonyl (C=O) groups is 2. The van der Waals surface area contributed by atoms with Crippen molar-refractivity contribution < 1.29 is 14.3 Å². The summed E-state index contributed by atoms with van der Waals surface area (Å²) in [5.74, 6) is 0.264. The molecule has 3 aromatic rings. The summed E-state index contributed by atoms with van der Waals surface area (Å²) >= 11 is 0. The average molecular weight is 475 g/mol. The van der Waals surface area contributed by atoms with Crippen LogP contribution in [0.15, 0.2) is 66.9 Å². The number of nitrogens with zero attached hydrogens (tertiary/aromatic N) is 3. The van der Waals surface area contributed by atoms with Gasteiger partial charge in [0.25, 0.3) is 5.91 Å². The predicted molar refractivity (Wildman–Crippen MR) is 136 cm³/mol. The molecular formula is C28H34N4O3. The molecule has 1 fully saturated rings. The van der Waals surface area contributed by atoms with Gasteiger partial charge in [0.05, 0.1) is 11.3 Å². The van der Waals surface area contributed by atoms with E-state index in [2.05, 4.69) is 5.32 Å². The van der Waals surface area contributed by atoms with Crippen molar-refractivity contribution in [2.75, 3.05) is 33.4 Å². The van der Waals surface area contributed by atoms with E-state index in [1.807, 2.05) is 78.7 Å². The first-order chi connectivity index (χ1) is 17.1. The molecule has 2 heterocycles. The summed E-state index contributed by atoms with van der Waals surface area (Å²) in [6.45, 7) is 4.53. The van der Waals surface area contributed by atoms with E-state index in [4.69, 9.17) is 9.84 Å². The Morgan fingerprint density at radius 2 is 1.71 bits per heavy atom. The minimum absolute atomic E-state index is 0.0128. The minimum atomic E-state index is -0.0736. The summed E-state index contributed by atoms with van der Waals surface area (Å²) in [5, 5.41) is 7.79. The molecule has 0 unspecified atom stereocenters. The highest BCUT2D eigenvalue weighted by Crippen LogP contribution is 2.29. The van der Waals surface area contributed by atoms with Gasteiger partial charge in [-0.15, -0.1) is 0 Å². The van der Waals surface area contributed by atoms with Crippen LogP contribution in [-0.4, -0.2) is 59.8 Å². The maximum Gasteiger partial charge on any atom is 0.257 e. The van der Waals surface area contributed by atoms with Crippen LogP contribution in [0.1, 0.15) is 36.5 Å². The molecule has 0 radical (unpaired) electrons. The first-order valence-electron chi connectivity index (χ1n) is 12.3. The van der Waals surface area contributed by atoms with Crippen molar-refractivity contribution in [2.24, 2.45) is 11.8 Å². The average Bonchev–Trinajstić information content (AvgIpc) is 3.37. The van der Waals surface area contributed by atoms with E-state index < -0.39 is 0 Å². The Kier molecular flexibility index (Phi) is 8.32. The molecule has 1 aliphatic rings. The van der Waals surface area contributed by atoms with Crippen LogP contribution in [-0.2, 0) is 9.53 Å². The second-order valence-electron chi connectivity index (χ2n) is 9.09. The number of piperidine rings is 1. The van der Waals surface area contributed by atoms with Crippen LogP contribution in [0.4, 0.5) is 0 Å². The Hall–Kier alpha value is -3.45. The van der Waals surface area contributed by atoms with Crippen LogP contribution in [0.5, 0.6) is 0 Å². The lowest BCUT2D eigenvalue weighted by Gasteiger charge is -2.34. The Morgan fingerprint density at radius 1 is 1.06 bits per heavy atom. The van der Waals surface area contributed by atoms with Crippen LogP contribution < -0.4 is 5.32 Å². The maximum absolute atomic E-state index is 13.6. The van der Waals surface area contributed by atoms with Gasteiger partial charge in [0.2, 0.25) is 5.91 Å². The van der Waals surface area contributed by atoms with Crippen molar-refractivity contribution in [1.82, 2.24) is 20.0 Å². The topological polar surface area (TPSA) is 76.5 Å². The third kappa shape index (κ3) is 5.98. The highest BCUT2D eigenvalue weighted by atomic mass is 16.5. The fourth-order valence-electron chi connectivity index (χ4n) is 4.63. The van der Waals surface area contributed by atoms with Crippen molar-refractivity contribution in [1.29, 1.82) is 0 Å². The van der Waals surface area contributed by atoms with Gasteiger partial charge in [-0.1, -0.05) is 55.5 Å². The third-order valence-corrected chi connectivity index (χ3v) is 6.78. The lowest BCUT2D eigenvalue weighted by Crippen LogP contribution is -2.43. The molecule has 0 saturated carbocycles. The van der Waals surface area contributed by atoms with E-state index >= 15 is 0 Å². The zero-order valence-electron chi connectivity index (χ0n) is 20.5. The van der Waals surface area contributed by atoms with Crippen molar-refractivity contribution in [3.05, 3.63) is 72.4 Å². The van der Waals surface area contributed by atoms with Crippen LogP contribution in [0.2, 0.25) is 0 Å². The van der Waals surface area contributed by atoms with Gasteiger partial charge in [0, 0.05) is 51.0 Å². The monoisotopic (exact) mass is 474 g/mol. The molecule has 1 aromatic heterocycles. The van der Waals surface area contributed by atoms with Gasteiger partial charge >= 0.3 is 0 Å². The van der Waals surface area contributed by atoms with Crippen molar-refractivity contribution in [2.45, 2.75) is 26.2 Å². The Morgan fingerprint density at radius 3 is 2.37 bits per heavy atom. The van der Waals surface area contributed by atoms with Gasteiger partial charge < -0.3 is 15.0 Å². The van der Waals surface area contributed by atoms with Crippen molar-refractivity contribution in [3.63, 3.8) is 0 Å². The molecule has 0 aliphatic carbocycles. The number of amides is 2. The predicted octanol–water partition coefficient (Wildman–Crippen LogP) is 4.18. The smallest absolute Gasteiger partial charge is 0.257 e. The number of carbonyl (C=O) groups excluding carboxylic acids is 2. The van der Waals surface area contributed by atoms with E-state index in [1.165, 1.54) is 0 Å². The quantitative estimate of drug-likeness (QED) is 0.472. The molecule has 1 atom stereocenters. The number of likely N-dealkylation sites (tertiary alicyclic amines) is 1. The number of ether oxygens (including phenoxy) is 1. The molecule has 1 aliphatic heterocycles. The zero-order chi connectivity index (χ0) is 24.6. The molecule has 0 spiro atoms. The first kappa shape index (κ1) is 24.7. The summed E-state index contributed by atoms with van der Waals surface area (Å²) in [5.41, 5.74) is 3.11. The number of aromatic nitrogens is 2. The lowest BCUT2D eigenvalue weighted by atomic mass is 9.84. The van der Waals surface area contributed by atoms with Gasteiger partial charge in [0.15, 0.2) is 0 Å². The zero-order valence-corrected chi connectivity index (χ0v) is 20.5. The summed E-state index contributed by atoms with van der Waals surface area (Å²) in [6, 6.07) is 19.7. The summed E-state index contributed by atoms with van der Waals surface area (Å²) in [4.78, 5) is 28.1. The molecule has 7 heteroatoms. The van der Waals surface area contributed by atoms with Crippen molar-refractivity contribution in [3.8, 4) is 16.9 Å². The standard InChI is InChI=1S/C28H34N4O3/c1-21(27(33)29-16-9-19-35-2)22-14-17-31(18-15-22)28(34)25-20-32(24-12-7-4-8-13-24)30-26(25)23-10-5-3-6-11-23/h3-8,10-13,20-22H,9,14-19H2,1-2H3,(H,29,33)/t21-/m0/s1. The molecule has 1 N–H and O–H groups in total. The third-order valence-electron chi connectivity index (χ3n) is 6.78. The van der Waals surface area contributed by atoms with Gasteiger partial charge in [-0.25, -0.2) is 4.68 Å². The van der Waals surface area contributed by atoms with Crippen LogP contribution in [0, 0.1) is 11.8 Å². The first-order valence-corrected chi connectivity index (χ1v) is 12.3. The van der Waals surface area contributed by atoms with Crippen LogP contribution in [0.25, 0.3) is 16.9 Å². The van der Waals surface area contributed by atoms with Gasteiger partial charge in [-0.3, -0.25) is 9.59 Å². The molecule has 0 bridgehead atoms. The lowest BCUT2D eigenvalue weighted by molar-refractivity contribution is -0.126.